The molecule has 3 aromatic heterocycles. The van der Waals surface area contributed by atoms with Crippen molar-refractivity contribution < 1.29 is 4.79 Å². The number of nitrogens with zero attached hydrogens (tertiary/aromatic N) is 8. The molecular formula is C28H33N9O2. The highest BCUT2D eigenvalue weighted by atomic mass is 16.2. The Morgan fingerprint density at radius 3 is 2.59 bits per heavy atom. The monoisotopic (exact) mass is 527 g/mol. The number of pyridine rings is 1. The van der Waals surface area contributed by atoms with Crippen LogP contribution in [0.25, 0.3) is 16.9 Å². The first kappa shape index (κ1) is 26.1. The van der Waals surface area contributed by atoms with Gasteiger partial charge in [-0.2, -0.15) is 4.98 Å². The molecule has 1 aliphatic heterocycles. The number of carbonyl (C=O) groups is 1. The van der Waals surface area contributed by atoms with Gasteiger partial charge in [-0.15, -0.1) is 6.58 Å². The lowest BCUT2D eigenvalue weighted by Crippen LogP contribution is -2.29. The van der Waals surface area contributed by atoms with Gasteiger partial charge in [0.15, 0.2) is 11.5 Å². The van der Waals surface area contributed by atoms with Crippen LogP contribution in [0.1, 0.15) is 12.1 Å². The van der Waals surface area contributed by atoms with Gasteiger partial charge in [-0.1, -0.05) is 12.1 Å². The maximum absolute atomic E-state index is 13.2. The van der Waals surface area contributed by atoms with E-state index in [9.17, 15) is 9.59 Å². The van der Waals surface area contributed by atoms with Crippen LogP contribution in [0.5, 0.6) is 0 Å². The van der Waals surface area contributed by atoms with E-state index in [4.69, 9.17) is 9.97 Å². The number of carbonyl (C=O) groups excluding carboxylic acids is 1. The molecule has 1 aliphatic rings. The molecule has 0 unspecified atom stereocenters. The van der Waals surface area contributed by atoms with Gasteiger partial charge in [0, 0.05) is 57.2 Å². The van der Waals surface area contributed by atoms with Gasteiger partial charge in [0.05, 0.1) is 12.2 Å². The molecule has 0 spiro atoms. The molecule has 0 saturated carbocycles. The first-order valence-corrected chi connectivity index (χ1v) is 12.9. The Morgan fingerprint density at radius 2 is 1.85 bits per heavy atom. The first-order valence-electron chi connectivity index (χ1n) is 12.9. The van der Waals surface area contributed by atoms with E-state index < -0.39 is 0 Å². The van der Waals surface area contributed by atoms with Gasteiger partial charge in [0.1, 0.15) is 5.39 Å². The van der Waals surface area contributed by atoms with Crippen molar-refractivity contribution in [3.05, 3.63) is 77.4 Å². The predicted octanol–water partition coefficient (Wildman–Crippen LogP) is 2.64. The lowest BCUT2D eigenvalue weighted by Gasteiger charge is -2.22. The molecule has 202 valence electrons. The standard InChI is InChI=1S/C28H33N9O2/c1-5-14-36-27(39)23-18-29-28(32-26(23)37(36)24-8-6-7-21(30-24)19-33(2)3)31-20-9-11-22(12-10-20)35-15-13-25(38)34(4)16-17-35/h5-12,18H,1,13-17,19H2,2-4H3,(H,29,31,32). The number of benzene rings is 1. The van der Waals surface area contributed by atoms with Crippen LogP contribution in [0.3, 0.4) is 0 Å². The second kappa shape index (κ2) is 11.1. The lowest BCUT2D eigenvalue weighted by atomic mass is 10.2. The highest BCUT2D eigenvalue weighted by molar-refractivity contribution is 5.78. The summed E-state index contributed by atoms with van der Waals surface area (Å²) in [5.74, 6) is 1.13. The minimum atomic E-state index is -0.206. The molecule has 11 heteroatoms. The third kappa shape index (κ3) is 5.53. The molecule has 39 heavy (non-hydrogen) atoms. The van der Waals surface area contributed by atoms with Gasteiger partial charge >= 0.3 is 0 Å². The normalized spacial score (nSPS) is 14.2. The average Bonchev–Trinajstić information content (AvgIpc) is 3.07. The van der Waals surface area contributed by atoms with Crippen LogP contribution in [0.4, 0.5) is 17.3 Å². The van der Waals surface area contributed by atoms with E-state index >= 15 is 0 Å². The smallest absolute Gasteiger partial charge is 0.278 e. The molecule has 1 aromatic carbocycles. The Kier molecular flexibility index (Phi) is 7.42. The summed E-state index contributed by atoms with van der Waals surface area (Å²) in [5.41, 5.74) is 3.00. The van der Waals surface area contributed by atoms with Crippen LogP contribution in [0.15, 0.2) is 66.1 Å². The van der Waals surface area contributed by atoms with Gasteiger partial charge < -0.3 is 20.0 Å². The summed E-state index contributed by atoms with van der Waals surface area (Å²) in [7, 11) is 5.81. The third-order valence-corrected chi connectivity index (χ3v) is 6.68. The maximum atomic E-state index is 13.2. The van der Waals surface area contributed by atoms with Crippen LogP contribution >= 0.6 is 0 Å². The second-order valence-corrected chi connectivity index (χ2v) is 9.87. The molecule has 1 N–H and O–H groups in total. The van der Waals surface area contributed by atoms with Crippen molar-refractivity contribution in [2.45, 2.75) is 19.5 Å². The Balaban J connectivity index is 1.45. The van der Waals surface area contributed by atoms with Crippen molar-refractivity contribution >= 4 is 34.3 Å². The Labute approximate surface area is 227 Å². The number of fused-ring (bicyclic) bond motifs is 1. The SMILES string of the molecule is C=CCn1c(=O)c2cnc(Nc3ccc(N4CCC(=O)N(C)CC4)cc3)nc2n1-c1cccc(CN(C)C)n1. The van der Waals surface area contributed by atoms with Gasteiger partial charge in [0.2, 0.25) is 11.9 Å². The fourth-order valence-electron chi connectivity index (χ4n) is 4.68. The molecule has 4 aromatic rings. The fourth-order valence-corrected chi connectivity index (χ4v) is 4.68. The van der Waals surface area contributed by atoms with Gasteiger partial charge in [-0.05, 0) is 50.5 Å². The van der Waals surface area contributed by atoms with Gasteiger partial charge in [-0.25, -0.2) is 19.3 Å². The number of allylic oxidation sites excluding steroid dienone is 1. The molecule has 0 radical (unpaired) electrons. The molecule has 1 amide bonds. The van der Waals surface area contributed by atoms with Crippen LogP contribution in [0, 0.1) is 0 Å². The topological polar surface area (TPSA) is 104 Å². The summed E-state index contributed by atoms with van der Waals surface area (Å²) in [5, 5.41) is 3.66. The summed E-state index contributed by atoms with van der Waals surface area (Å²) in [6.45, 7) is 6.97. The molecule has 11 nitrogen and oxygen atoms in total. The van der Waals surface area contributed by atoms with E-state index in [-0.39, 0.29) is 11.5 Å². The van der Waals surface area contributed by atoms with Crippen LogP contribution < -0.4 is 15.8 Å². The van der Waals surface area contributed by atoms with E-state index in [1.165, 1.54) is 0 Å². The van der Waals surface area contributed by atoms with Crippen molar-refractivity contribution in [1.82, 2.24) is 34.1 Å². The Hall–Kier alpha value is -4.51. The van der Waals surface area contributed by atoms with E-state index in [1.807, 2.05) is 68.5 Å². The summed E-state index contributed by atoms with van der Waals surface area (Å²) in [6.07, 6.45) is 3.73. The van der Waals surface area contributed by atoms with E-state index in [2.05, 4.69) is 21.8 Å². The van der Waals surface area contributed by atoms with E-state index in [1.54, 1.807) is 26.5 Å². The largest absolute Gasteiger partial charge is 0.369 e. The molecule has 1 saturated heterocycles. The van der Waals surface area contributed by atoms with Gasteiger partial charge in [0.25, 0.3) is 5.56 Å². The number of aromatic nitrogens is 5. The van der Waals surface area contributed by atoms with Crippen LogP contribution in [-0.2, 0) is 17.9 Å². The summed E-state index contributed by atoms with van der Waals surface area (Å²) in [6, 6.07) is 13.7. The summed E-state index contributed by atoms with van der Waals surface area (Å²) >= 11 is 0. The second-order valence-electron chi connectivity index (χ2n) is 9.87. The zero-order valence-electron chi connectivity index (χ0n) is 22.5. The minimum Gasteiger partial charge on any atom is -0.369 e. The number of likely N-dealkylation sites (N-methyl/N-ethyl adjacent to an activating group) is 1. The molecule has 1 fully saturated rings. The number of amides is 1. The lowest BCUT2D eigenvalue weighted by molar-refractivity contribution is -0.129. The number of hydrogen-bond acceptors (Lipinski definition) is 8. The molecule has 0 aliphatic carbocycles. The number of anilines is 3. The Bertz CT molecular complexity index is 1560. The number of hydrogen-bond donors (Lipinski definition) is 1. The Morgan fingerprint density at radius 1 is 1.05 bits per heavy atom. The van der Waals surface area contributed by atoms with Crippen LogP contribution in [-0.4, -0.2) is 80.8 Å². The van der Waals surface area contributed by atoms with Crippen molar-refractivity contribution in [2.24, 2.45) is 0 Å². The van der Waals surface area contributed by atoms with E-state index in [0.29, 0.717) is 55.4 Å². The molecular weight excluding hydrogens is 494 g/mol. The molecule has 0 bridgehead atoms. The molecule has 4 heterocycles. The number of nitrogens with one attached hydrogen (secondary N) is 1. The maximum Gasteiger partial charge on any atom is 0.278 e. The first-order chi connectivity index (χ1) is 18.8. The zero-order chi connectivity index (χ0) is 27.5. The molecule has 5 rings (SSSR count). The van der Waals surface area contributed by atoms with Crippen molar-refractivity contribution in [2.75, 3.05) is 51.0 Å². The van der Waals surface area contributed by atoms with Crippen molar-refractivity contribution in [1.29, 1.82) is 0 Å². The minimum absolute atomic E-state index is 0.170. The summed E-state index contributed by atoms with van der Waals surface area (Å²) < 4.78 is 3.29. The summed E-state index contributed by atoms with van der Waals surface area (Å²) in [4.78, 5) is 45.2. The fraction of sp³-hybridized carbons (Fsp3) is 0.321. The third-order valence-electron chi connectivity index (χ3n) is 6.68. The van der Waals surface area contributed by atoms with Crippen molar-refractivity contribution in [3.63, 3.8) is 0 Å². The quantitative estimate of drug-likeness (QED) is 0.349. The van der Waals surface area contributed by atoms with Crippen LogP contribution in [0.2, 0.25) is 0 Å². The zero-order valence-corrected chi connectivity index (χ0v) is 22.5. The van der Waals surface area contributed by atoms with E-state index in [0.717, 1.165) is 23.6 Å². The van der Waals surface area contributed by atoms with Gasteiger partial charge in [-0.3, -0.25) is 9.59 Å². The highest BCUT2D eigenvalue weighted by Gasteiger charge is 2.19. The molecule has 0 atom stereocenters. The highest BCUT2D eigenvalue weighted by Crippen LogP contribution is 2.23. The number of rotatable bonds is 8. The van der Waals surface area contributed by atoms with Crippen molar-refractivity contribution in [3.8, 4) is 5.82 Å². The predicted molar refractivity (Wildman–Crippen MR) is 153 cm³/mol. The average molecular weight is 528 g/mol.